The maximum atomic E-state index is 10.9. The number of piperidine rings is 1. The van der Waals surface area contributed by atoms with Gasteiger partial charge in [0.25, 0.3) is 0 Å². The van der Waals surface area contributed by atoms with E-state index in [1.54, 1.807) is 0 Å². The molecule has 84 valence electrons. The maximum absolute atomic E-state index is 10.9. The van der Waals surface area contributed by atoms with Gasteiger partial charge in [0.2, 0.25) is 0 Å². The highest BCUT2D eigenvalue weighted by Crippen LogP contribution is 2.36. The molecule has 5 heteroatoms. The number of nitrogens with one attached hydrogen (secondary N) is 1. The molecule has 0 aromatic heterocycles. The number of hydroxylamine groups is 2. The summed E-state index contributed by atoms with van der Waals surface area (Å²) in [4.78, 5) is 0. The van der Waals surface area contributed by atoms with Crippen LogP contribution in [0.1, 0.15) is 40.0 Å². The Bertz CT molecular complexity index is 281. The first kappa shape index (κ1) is 11.9. The average molecular weight is 219 g/mol. The molecule has 1 unspecified atom stereocenters. The summed E-state index contributed by atoms with van der Waals surface area (Å²) in [6.07, 6.45) is 2.75. The lowest BCUT2D eigenvalue weighted by atomic mass is 9.82. The van der Waals surface area contributed by atoms with Gasteiger partial charge in [0.05, 0.1) is 0 Å². The first-order chi connectivity index (χ1) is 6.28. The van der Waals surface area contributed by atoms with Crippen LogP contribution in [0.25, 0.3) is 0 Å². The molecule has 0 bridgehead atoms. The Morgan fingerprint density at radius 1 is 1.43 bits per heavy atom. The molecule has 1 rings (SSSR count). The Labute approximate surface area is 87.3 Å². The molecule has 0 aliphatic carbocycles. The van der Waals surface area contributed by atoms with Gasteiger partial charge in [-0.3, -0.25) is 0 Å². The molecule has 0 aromatic rings. The Morgan fingerprint density at radius 2 is 2.00 bits per heavy atom. The quantitative estimate of drug-likeness (QED) is 0.699. The molecule has 2 N–H and O–H groups in total. The van der Waals surface area contributed by atoms with Gasteiger partial charge in [0, 0.05) is 11.1 Å². The largest absolute Gasteiger partial charge is 0.445 e. The van der Waals surface area contributed by atoms with Gasteiger partial charge in [-0.1, -0.05) is 5.75 Å². The molecule has 0 radical (unpaired) electrons. The van der Waals surface area contributed by atoms with Crippen molar-refractivity contribution in [3.05, 3.63) is 0 Å². The van der Waals surface area contributed by atoms with Crippen LogP contribution in [-0.2, 0) is 14.8 Å². The molecular weight excluding hydrogens is 200 g/mol. The molecule has 1 aliphatic heterocycles. The lowest BCUT2D eigenvalue weighted by Gasteiger charge is -2.51. The predicted octanol–water partition coefficient (Wildman–Crippen LogP) is 2.12. The molecular formula is C9H19N2O2S-. The van der Waals surface area contributed by atoms with Crippen LogP contribution in [-0.4, -0.2) is 27.1 Å². The van der Waals surface area contributed by atoms with Gasteiger partial charge >= 0.3 is 0 Å². The molecule has 0 aromatic carbocycles. The number of hydrogen-bond donors (Lipinski definition) is 2. The predicted molar refractivity (Wildman–Crippen MR) is 55.6 cm³/mol. The summed E-state index contributed by atoms with van der Waals surface area (Å²) in [6.45, 7) is 5.81. The number of rotatable bonds is 2. The topological polar surface area (TPSA) is 64.4 Å². The van der Waals surface area contributed by atoms with Gasteiger partial charge in [-0.25, -0.2) is 0 Å². The second kappa shape index (κ2) is 3.79. The van der Waals surface area contributed by atoms with E-state index in [0.29, 0.717) is 0 Å². The highest BCUT2D eigenvalue weighted by atomic mass is 32.2. The minimum absolute atomic E-state index is 0.215. The Balaban J connectivity index is 2.87. The standard InChI is InChI=1S/C9H19N2O2S/c1-8(2)5-4-6-9(3,11(8)12)7-14(10)13/h10,12H,4-7H2,1-3H3/q-1. The van der Waals surface area contributed by atoms with E-state index in [9.17, 15) is 9.42 Å². The third kappa shape index (κ3) is 2.27. The van der Waals surface area contributed by atoms with Crippen molar-refractivity contribution in [2.45, 2.75) is 51.1 Å². The minimum Gasteiger partial charge on any atom is -0.445 e. The van der Waals surface area contributed by atoms with Gasteiger partial charge < -0.3 is 14.2 Å². The molecule has 4 nitrogen and oxygen atoms in total. The summed E-state index contributed by atoms with van der Waals surface area (Å²) in [5.74, 6) is 0.215. The van der Waals surface area contributed by atoms with E-state index in [1.807, 2.05) is 20.8 Å². The zero-order chi connectivity index (χ0) is 11.0. The average Bonchev–Trinajstić information content (AvgIpc) is 1.98. The van der Waals surface area contributed by atoms with Gasteiger partial charge in [0.15, 0.2) is 0 Å². The Hall–Kier alpha value is -0.130. The molecule has 14 heavy (non-hydrogen) atoms. The van der Waals surface area contributed by atoms with Crippen LogP contribution in [0.3, 0.4) is 0 Å². The molecule has 0 saturated carbocycles. The van der Waals surface area contributed by atoms with E-state index in [1.165, 1.54) is 5.06 Å². The molecule has 1 aliphatic rings. The van der Waals surface area contributed by atoms with Crippen molar-refractivity contribution in [3.8, 4) is 0 Å². The van der Waals surface area contributed by atoms with Crippen LogP contribution in [0, 0.1) is 4.78 Å². The van der Waals surface area contributed by atoms with Crippen molar-refractivity contribution in [2.24, 2.45) is 0 Å². The van der Waals surface area contributed by atoms with Crippen LogP contribution in [0.15, 0.2) is 0 Å². The van der Waals surface area contributed by atoms with E-state index < -0.39 is 16.1 Å². The first-order valence-electron chi connectivity index (χ1n) is 4.87. The van der Waals surface area contributed by atoms with Crippen molar-refractivity contribution >= 4 is 10.6 Å². The van der Waals surface area contributed by atoms with Crippen molar-refractivity contribution in [3.63, 3.8) is 0 Å². The fourth-order valence-corrected chi connectivity index (χ4v) is 3.09. The second-order valence-corrected chi connectivity index (χ2v) is 5.94. The maximum Gasteiger partial charge on any atom is 0.0409 e. The third-order valence-corrected chi connectivity index (χ3v) is 3.91. The zero-order valence-corrected chi connectivity index (χ0v) is 9.86. The number of hydrogen-bond acceptors (Lipinski definition) is 5. The fourth-order valence-electron chi connectivity index (χ4n) is 2.26. The van der Waals surface area contributed by atoms with Gasteiger partial charge in [-0.05, 0) is 40.0 Å². The summed E-state index contributed by atoms with van der Waals surface area (Å²) >= 11 is 0. The molecule has 1 fully saturated rings. The minimum atomic E-state index is -1.61. The zero-order valence-electron chi connectivity index (χ0n) is 9.04. The van der Waals surface area contributed by atoms with Crippen molar-refractivity contribution < 1.29 is 9.42 Å². The van der Waals surface area contributed by atoms with Crippen LogP contribution in [0.2, 0.25) is 0 Å². The normalized spacial score (nSPS) is 33.5. The molecule has 1 atom stereocenters. The summed E-state index contributed by atoms with van der Waals surface area (Å²) in [7, 11) is -1.61. The van der Waals surface area contributed by atoms with Gasteiger partial charge in [-0.15, -0.1) is 0 Å². The highest BCUT2D eigenvalue weighted by molar-refractivity contribution is 7.73. The van der Waals surface area contributed by atoms with Crippen LogP contribution >= 0.6 is 0 Å². The van der Waals surface area contributed by atoms with E-state index in [4.69, 9.17) is 4.78 Å². The lowest BCUT2D eigenvalue weighted by molar-refractivity contribution is -0.240. The van der Waals surface area contributed by atoms with E-state index in [0.717, 1.165) is 19.3 Å². The Kier molecular flexibility index (Phi) is 3.23. The molecule has 1 heterocycles. The molecule has 0 amide bonds. The van der Waals surface area contributed by atoms with E-state index in [-0.39, 0.29) is 11.3 Å². The Morgan fingerprint density at radius 3 is 2.50 bits per heavy atom. The summed E-state index contributed by atoms with van der Waals surface area (Å²) in [6, 6.07) is 0. The first-order valence-corrected chi connectivity index (χ1v) is 6.19. The lowest BCUT2D eigenvalue weighted by Crippen LogP contribution is -2.59. The third-order valence-electron chi connectivity index (χ3n) is 3.03. The summed E-state index contributed by atoms with van der Waals surface area (Å²) < 4.78 is 18.0. The van der Waals surface area contributed by atoms with Gasteiger partial charge in [-0.2, -0.15) is 15.7 Å². The second-order valence-electron chi connectivity index (χ2n) is 4.96. The smallest absolute Gasteiger partial charge is 0.0409 e. The monoisotopic (exact) mass is 219 g/mol. The number of nitrogens with zero attached hydrogens (tertiary/aromatic N) is 1. The van der Waals surface area contributed by atoms with Crippen molar-refractivity contribution in [2.75, 3.05) is 5.75 Å². The van der Waals surface area contributed by atoms with Crippen LogP contribution in [0.5, 0.6) is 0 Å². The molecule has 1 saturated heterocycles. The van der Waals surface area contributed by atoms with Crippen LogP contribution in [0.4, 0.5) is 0 Å². The highest BCUT2D eigenvalue weighted by Gasteiger charge is 2.41. The summed E-state index contributed by atoms with van der Waals surface area (Å²) in [5.41, 5.74) is -0.777. The van der Waals surface area contributed by atoms with Crippen LogP contribution < -0.4 is 0 Å². The van der Waals surface area contributed by atoms with Gasteiger partial charge in [0.1, 0.15) is 0 Å². The van der Waals surface area contributed by atoms with E-state index in [2.05, 4.69) is 0 Å². The summed E-state index contributed by atoms with van der Waals surface area (Å²) in [5, 5.41) is 11.3. The van der Waals surface area contributed by atoms with Crippen molar-refractivity contribution in [1.82, 2.24) is 5.06 Å². The van der Waals surface area contributed by atoms with E-state index >= 15 is 0 Å². The van der Waals surface area contributed by atoms with Crippen molar-refractivity contribution in [1.29, 1.82) is 4.78 Å². The SMILES string of the molecule is CC1(C)CCCC(C)(C[S-](=N)=O)N1O. The fraction of sp³-hybridized carbons (Fsp3) is 1.00. The molecule has 0 spiro atoms.